The zero-order valence-corrected chi connectivity index (χ0v) is 8.97. The van der Waals surface area contributed by atoms with Gasteiger partial charge in [-0.25, -0.2) is 4.39 Å². The molecule has 0 atom stereocenters. The Hall–Kier alpha value is -0.640. The summed E-state index contributed by atoms with van der Waals surface area (Å²) in [5.41, 5.74) is 0.762. The van der Waals surface area contributed by atoms with Crippen molar-refractivity contribution in [3.8, 4) is 0 Å². The van der Waals surface area contributed by atoms with Gasteiger partial charge in [-0.3, -0.25) is 0 Å². The molecule has 1 aliphatic rings. The maximum atomic E-state index is 13.1. The van der Waals surface area contributed by atoms with Gasteiger partial charge in [-0.15, -0.1) is 0 Å². The number of nitrogens with one attached hydrogen (secondary N) is 1. The summed E-state index contributed by atoms with van der Waals surface area (Å²) in [6, 6.07) is 5.12. The standard InChI is InChI=1S/C11H13ClFNO/c12-11-7(2-1-3-10(11)13)6-14-8-4-9(15)5-8/h1-3,8-9,14-15H,4-6H2. The number of benzene rings is 1. The number of halogens is 2. The number of rotatable bonds is 3. The van der Waals surface area contributed by atoms with E-state index in [2.05, 4.69) is 5.32 Å². The van der Waals surface area contributed by atoms with E-state index in [9.17, 15) is 4.39 Å². The molecule has 0 aromatic heterocycles. The first kappa shape index (κ1) is 10.9. The maximum absolute atomic E-state index is 13.1. The fraction of sp³-hybridized carbons (Fsp3) is 0.455. The number of aliphatic hydroxyl groups excluding tert-OH is 1. The highest BCUT2D eigenvalue weighted by Crippen LogP contribution is 2.22. The highest BCUT2D eigenvalue weighted by molar-refractivity contribution is 6.31. The molecule has 0 unspecified atom stereocenters. The molecule has 2 N–H and O–H groups in total. The SMILES string of the molecule is OC1CC(NCc2cccc(F)c2Cl)C1. The van der Waals surface area contributed by atoms with Crippen molar-refractivity contribution in [1.82, 2.24) is 5.32 Å². The van der Waals surface area contributed by atoms with Gasteiger partial charge in [0.15, 0.2) is 0 Å². The smallest absolute Gasteiger partial charge is 0.142 e. The van der Waals surface area contributed by atoms with E-state index in [1.165, 1.54) is 6.07 Å². The second-order valence-corrected chi connectivity index (χ2v) is 4.29. The van der Waals surface area contributed by atoms with Crippen molar-refractivity contribution >= 4 is 11.6 Å². The van der Waals surface area contributed by atoms with Gasteiger partial charge in [0.1, 0.15) is 5.82 Å². The minimum atomic E-state index is -0.385. The largest absolute Gasteiger partial charge is 0.393 e. The van der Waals surface area contributed by atoms with Gasteiger partial charge >= 0.3 is 0 Å². The molecule has 4 heteroatoms. The molecule has 0 saturated heterocycles. The third kappa shape index (κ3) is 2.48. The quantitative estimate of drug-likeness (QED) is 0.832. The van der Waals surface area contributed by atoms with Crippen molar-refractivity contribution in [3.63, 3.8) is 0 Å². The second-order valence-electron chi connectivity index (χ2n) is 3.92. The van der Waals surface area contributed by atoms with Crippen LogP contribution in [0.25, 0.3) is 0 Å². The van der Waals surface area contributed by atoms with E-state index in [4.69, 9.17) is 16.7 Å². The van der Waals surface area contributed by atoms with E-state index in [-0.39, 0.29) is 16.9 Å². The Morgan fingerprint density at radius 3 is 2.87 bits per heavy atom. The van der Waals surface area contributed by atoms with Gasteiger partial charge in [-0.1, -0.05) is 23.7 Å². The van der Waals surface area contributed by atoms with Crippen molar-refractivity contribution in [2.45, 2.75) is 31.5 Å². The van der Waals surface area contributed by atoms with Gasteiger partial charge in [0.25, 0.3) is 0 Å². The van der Waals surface area contributed by atoms with E-state index in [0.29, 0.717) is 12.6 Å². The molecule has 1 saturated carbocycles. The van der Waals surface area contributed by atoms with Gasteiger partial charge in [0, 0.05) is 12.6 Å². The summed E-state index contributed by atoms with van der Waals surface area (Å²) >= 11 is 5.80. The van der Waals surface area contributed by atoms with E-state index in [1.54, 1.807) is 12.1 Å². The lowest BCUT2D eigenvalue weighted by atomic mass is 9.89. The van der Waals surface area contributed by atoms with Gasteiger partial charge in [0.2, 0.25) is 0 Å². The molecule has 0 bridgehead atoms. The molecule has 1 aromatic carbocycles. The zero-order chi connectivity index (χ0) is 10.8. The molecule has 2 rings (SSSR count). The van der Waals surface area contributed by atoms with Crippen LogP contribution >= 0.6 is 11.6 Å². The first-order valence-electron chi connectivity index (χ1n) is 5.01. The molecular formula is C11H13ClFNO. The average Bonchev–Trinajstić information content (AvgIpc) is 2.17. The Labute approximate surface area is 93.1 Å². The molecule has 0 radical (unpaired) electrons. The van der Waals surface area contributed by atoms with E-state index < -0.39 is 0 Å². The second kappa shape index (κ2) is 4.47. The third-order valence-corrected chi connectivity index (χ3v) is 3.15. The van der Waals surface area contributed by atoms with Crippen molar-refractivity contribution in [2.75, 3.05) is 0 Å². The molecule has 0 aliphatic heterocycles. The van der Waals surface area contributed by atoms with Crippen LogP contribution in [0.1, 0.15) is 18.4 Å². The summed E-state index contributed by atoms with van der Waals surface area (Å²) in [5, 5.41) is 12.5. The summed E-state index contributed by atoms with van der Waals surface area (Å²) in [6.45, 7) is 0.550. The van der Waals surface area contributed by atoms with Crippen LogP contribution in [0.5, 0.6) is 0 Å². The Morgan fingerprint density at radius 1 is 1.47 bits per heavy atom. The molecular weight excluding hydrogens is 217 g/mol. The molecule has 0 heterocycles. The van der Waals surface area contributed by atoms with Crippen molar-refractivity contribution in [1.29, 1.82) is 0 Å². The first-order valence-corrected chi connectivity index (χ1v) is 5.39. The Bertz CT molecular complexity index is 352. The average molecular weight is 230 g/mol. The lowest BCUT2D eigenvalue weighted by Crippen LogP contribution is -2.43. The summed E-state index contributed by atoms with van der Waals surface area (Å²) in [5.74, 6) is -0.385. The van der Waals surface area contributed by atoms with Crippen molar-refractivity contribution in [2.24, 2.45) is 0 Å². The Balaban J connectivity index is 1.91. The van der Waals surface area contributed by atoms with E-state index >= 15 is 0 Å². The highest BCUT2D eigenvalue weighted by Gasteiger charge is 2.26. The minimum Gasteiger partial charge on any atom is -0.393 e. The number of aliphatic hydroxyl groups is 1. The molecule has 2 nitrogen and oxygen atoms in total. The lowest BCUT2D eigenvalue weighted by molar-refractivity contribution is 0.0619. The van der Waals surface area contributed by atoms with Gasteiger partial charge in [0.05, 0.1) is 11.1 Å². The van der Waals surface area contributed by atoms with Crippen LogP contribution in [-0.2, 0) is 6.54 Å². The van der Waals surface area contributed by atoms with Gasteiger partial charge in [-0.2, -0.15) is 0 Å². The van der Waals surface area contributed by atoms with Gasteiger partial charge < -0.3 is 10.4 Å². The summed E-state index contributed by atoms with van der Waals surface area (Å²) in [4.78, 5) is 0. The minimum absolute atomic E-state index is 0.175. The van der Waals surface area contributed by atoms with E-state index in [1.807, 2.05) is 0 Å². The normalized spacial score (nSPS) is 25.0. The monoisotopic (exact) mass is 229 g/mol. The van der Waals surface area contributed by atoms with Crippen LogP contribution in [0, 0.1) is 5.82 Å². The van der Waals surface area contributed by atoms with Crippen molar-refractivity contribution in [3.05, 3.63) is 34.6 Å². The molecule has 0 amide bonds. The van der Waals surface area contributed by atoms with E-state index in [0.717, 1.165) is 18.4 Å². The lowest BCUT2D eigenvalue weighted by Gasteiger charge is -2.32. The Morgan fingerprint density at radius 2 is 2.20 bits per heavy atom. The predicted octanol–water partition coefficient (Wildman–Crippen LogP) is 2.09. The number of hydrogen-bond acceptors (Lipinski definition) is 2. The Kier molecular flexibility index (Phi) is 3.24. The fourth-order valence-electron chi connectivity index (χ4n) is 1.69. The first-order chi connectivity index (χ1) is 7.16. The summed E-state index contributed by atoms with van der Waals surface area (Å²) in [7, 11) is 0. The summed E-state index contributed by atoms with van der Waals surface area (Å²) in [6.07, 6.45) is 1.37. The molecule has 82 valence electrons. The maximum Gasteiger partial charge on any atom is 0.142 e. The van der Waals surface area contributed by atoms with Crippen molar-refractivity contribution < 1.29 is 9.50 Å². The molecule has 0 spiro atoms. The summed E-state index contributed by atoms with van der Waals surface area (Å²) < 4.78 is 13.1. The molecule has 1 fully saturated rings. The molecule has 15 heavy (non-hydrogen) atoms. The van der Waals surface area contributed by atoms with Crippen LogP contribution in [0.15, 0.2) is 18.2 Å². The predicted molar refractivity (Wildman–Crippen MR) is 57.3 cm³/mol. The fourth-order valence-corrected chi connectivity index (χ4v) is 1.89. The molecule has 1 aromatic rings. The van der Waals surface area contributed by atoms with Crippen LogP contribution in [0.3, 0.4) is 0 Å². The van der Waals surface area contributed by atoms with Crippen LogP contribution in [0.2, 0.25) is 5.02 Å². The topological polar surface area (TPSA) is 32.3 Å². The zero-order valence-electron chi connectivity index (χ0n) is 8.21. The highest BCUT2D eigenvalue weighted by atomic mass is 35.5. The number of hydrogen-bond donors (Lipinski definition) is 2. The van der Waals surface area contributed by atoms with Gasteiger partial charge in [-0.05, 0) is 24.5 Å². The van der Waals surface area contributed by atoms with Crippen LogP contribution in [0.4, 0.5) is 4.39 Å². The van der Waals surface area contributed by atoms with Crippen LogP contribution in [-0.4, -0.2) is 17.3 Å². The van der Waals surface area contributed by atoms with Crippen LogP contribution < -0.4 is 5.32 Å². The molecule has 1 aliphatic carbocycles. The third-order valence-electron chi connectivity index (χ3n) is 2.73.